The number of hydrogen-bond donors (Lipinski definition) is 3. The first-order valence-electron chi connectivity index (χ1n) is 4.02. The third-order valence-electron chi connectivity index (χ3n) is 0.728. The van der Waals surface area contributed by atoms with Crippen molar-refractivity contribution in [2.24, 2.45) is 0 Å². The fraction of sp³-hybridized carbons (Fsp3) is 0.429. The van der Waals surface area contributed by atoms with Gasteiger partial charge >= 0.3 is 36.4 Å². The van der Waals surface area contributed by atoms with Crippen LogP contribution in [-0.2, 0) is 19.2 Å². The number of hydrogen-bond acceptors (Lipinski definition) is 4. The van der Waals surface area contributed by atoms with Gasteiger partial charge in [-0.15, -0.1) is 0 Å². The summed E-state index contributed by atoms with van der Waals surface area (Å²) < 4.78 is 95.2. The van der Waals surface area contributed by atoms with Gasteiger partial charge in [-0.05, 0) is 0 Å². The number of carboxylic acid groups (broad SMARTS) is 3. The number of rotatable bonds is 0. The van der Waals surface area contributed by atoms with Gasteiger partial charge < -0.3 is 20.1 Å². The van der Waals surface area contributed by atoms with Crippen LogP contribution in [0.2, 0.25) is 0 Å². The first-order valence-corrected chi connectivity index (χ1v) is 4.02. The summed E-state index contributed by atoms with van der Waals surface area (Å²) in [6.07, 6.45) is -15.3. The van der Waals surface area contributed by atoms with Crippen molar-refractivity contribution in [3.05, 3.63) is 0 Å². The SMILES string of the molecule is C=O.O=C(O)C(F)(F)F.O=C(O)C(F)(F)F.O=C(O)C(F)(F)F. The Morgan fingerprint density at radius 2 is 0.565 bits per heavy atom. The summed E-state index contributed by atoms with van der Waals surface area (Å²) in [5.41, 5.74) is 0. The van der Waals surface area contributed by atoms with Crippen LogP contribution in [0.5, 0.6) is 0 Å². The van der Waals surface area contributed by atoms with Crippen LogP contribution < -0.4 is 0 Å². The summed E-state index contributed by atoms with van der Waals surface area (Å²) in [6, 6.07) is 0. The van der Waals surface area contributed by atoms with Crippen LogP contribution in [0.3, 0.4) is 0 Å². The Morgan fingerprint density at radius 1 is 0.522 bits per heavy atom. The second-order valence-corrected chi connectivity index (χ2v) is 2.41. The monoisotopic (exact) mass is 372 g/mol. The van der Waals surface area contributed by atoms with Crippen LogP contribution in [0, 0.1) is 0 Å². The van der Waals surface area contributed by atoms with Crippen LogP contribution in [-0.4, -0.2) is 58.5 Å². The molecule has 23 heavy (non-hydrogen) atoms. The minimum atomic E-state index is -5.08. The van der Waals surface area contributed by atoms with Gasteiger partial charge in [0.15, 0.2) is 0 Å². The van der Waals surface area contributed by atoms with Gasteiger partial charge in [-0.25, -0.2) is 14.4 Å². The molecule has 16 heteroatoms. The molecule has 138 valence electrons. The molecule has 0 rings (SSSR count). The van der Waals surface area contributed by atoms with Gasteiger partial charge in [-0.2, -0.15) is 39.5 Å². The largest absolute Gasteiger partial charge is 0.490 e. The van der Waals surface area contributed by atoms with Gasteiger partial charge in [0.1, 0.15) is 6.79 Å². The van der Waals surface area contributed by atoms with E-state index in [-0.39, 0.29) is 0 Å². The van der Waals surface area contributed by atoms with Crippen LogP contribution in [0.4, 0.5) is 39.5 Å². The van der Waals surface area contributed by atoms with E-state index < -0.39 is 36.4 Å². The molecule has 3 N–H and O–H groups in total. The molecule has 0 aliphatic heterocycles. The number of carbonyl (C=O) groups excluding carboxylic acids is 1. The van der Waals surface area contributed by atoms with E-state index in [4.69, 9.17) is 34.5 Å². The number of carbonyl (C=O) groups is 4. The van der Waals surface area contributed by atoms with Gasteiger partial charge in [0.2, 0.25) is 0 Å². The molecule has 0 atom stereocenters. The van der Waals surface area contributed by atoms with E-state index in [0.717, 1.165) is 0 Å². The summed E-state index contributed by atoms with van der Waals surface area (Å²) in [5.74, 6) is -8.27. The zero-order valence-corrected chi connectivity index (χ0v) is 10.1. The Morgan fingerprint density at radius 3 is 0.565 bits per heavy atom. The second kappa shape index (κ2) is 11.1. The minimum Gasteiger partial charge on any atom is -0.475 e. The molecule has 0 saturated carbocycles. The molecule has 0 bridgehead atoms. The molecule has 0 saturated heterocycles. The molecule has 0 fully saturated rings. The first-order chi connectivity index (χ1) is 9.83. The molecule has 0 aromatic carbocycles. The van der Waals surface area contributed by atoms with Crippen LogP contribution in [0.1, 0.15) is 0 Å². The average molecular weight is 372 g/mol. The average Bonchev–Trinajstić information content (AvgIpc) is 2.29. The predicted molar refractivity (Wildman–Crippen MR) is 48.2 cm³/mol. The maximum atomic E-state index is 10.6. The van der Waals surface area contributed by atoms with Crippen LogP contribution in [0.15, 0.2) is 0 Å². The van der Waals surface area contributed by atoms with E-state index >= 15 is 0 Å². The van der Waals surface area contributed by atoms with Crippen molar-refractivity contribution >= 4 is 24.7 Å². The Bertz CT molecular complexity index is 324. The quantitative estimate of drug-likeness (QED) is 0.552. The van der Waals surface area contributed by atoms with E-state index in [9.17, 15) is 39.5 Å². The van der Waals surface area contributed by atoms with Crippen molar-refractivity contribution in [1.82, 2.24) is 0 Å². The number of alkyl halides is 9. The fourth-order valence-corrected chi connectivity index (χ4v) is 0. The van der Waals surface area contributed by atoms with Gasteiger partial charge in [0.05, 0.1) is 0 Å². The predicted octanol–water partition coefficient (Wildman–Crippen LogP) is 1.72. The lowest BCUT2D eigenvalue weighted by atomic mass is 10.7. The Labute approximate surface area is 118 Å². The van der Waals surface area contributed by atoms with E-state index in [1.54, 1.807) is 0 Å². The highest BCUT2D eigenvalue weighted by Crippen LogP contribution is 2.14. The van der Waals surface area contributed by atoms with E-state index in [1.807, 2.05) is 6.79 Å². The van der Waals surface area contributed by atoms with E-state index in [2.05, 4.69) is 0 Å². The smallest absolute Gasteiger partial charge is 0.475 e. The summed E-state index contributed by atoms with van der Waals surface area (Å²) in [7, 11) is 0. The lowest BCUT2D eigenvalue weighted by Gasteiger charge is -1.93. The third kappa shape index (κ3) is 24.8. The van der Waals surface area contributed by atoms with Crippen molar-refractivity contribution < 1.29 is 74.0 Å². The molecule has 0 aliphatic carbocycles. The molecular formula is C7H5F9O7. The zero-order chi connectivity index (χ0) is 20.2. The molecule has 0 unspecified atom stereocenters. The van der Waals surface area contributed by atoms with E-state index in [1.165, 1.54) is 0 Å². The summed E-state index contributed by atoms with van der Waals surface area (Å²) >= 11 is 0. The van der Waals surface area contributed by atoms with Gasteiger partial charge in [0, 0.05) is 0 Å². The normalized spacial score (nSPS) is 10.5. The highest BCUT2D eigenvalue weighted by Gasteiger charge is 2.39. The highest BCUT2D eigenvalue weighted by molar-refractivity contribution is 5.73. The van der Waals surface area contributed by atoms with E-state index in [0.29, 0.717) is 0 Å². The molecule has 0 aliphatic rings. The zero-order valence-electron chi connectivity index (χ0n) is 10.1. The van der Waals surface area contributed by atoms with Crippen molar-refractivity contribution in [2.45, 2.75) is 18.5 Å². The second-order valence-electron chi connectivity index (χ2n) is 2.41. The third-order valence-corrected chi connectivity index (χ3v) is 0.728. The summed E-state index contributed by atoms with van der Waals surface area (Å²) in [6.45, 7) is 2.00. The van der Waals surface area contributed by atoms with Crippen LogP contribution >= 0.6 is 0 Å². The molecule has 7 nitrogen and oxygen atoms in total. The first kappa shape index (κ1) is 28.6. The van der Waals surface area contributed by atoms with Crippen molar-refractivity contribution in [2.75, 3.05) is 0 Å². The molecule has 0 spiro atoms. The number of carboxylic acids is 3. The minimum absolute atomic E-state index is 2.00. The van der Waals surface area contributed by atoms with Gasteiger partial charge in [-0.1, -0.05) is 0 Å². The molecule has 0 aromatic rings. The van der Waals surface area contributed by atoms with Crippen LogP contribution in [0.25, 0.3) is 0 Å². The summed E-state index contributed by atoms with van der Waals surface area (Å²) in [4.78, 5) is 34.7. The fourth-order valence-electron chi connectivity index (χ4n) is 0. The molecule has 0 amide bonds. The Balaban J connectivity index is -0.000000111. The molecule has 0 heterocycles. The Kier molecular flexibility index (Phi) is 13.8. The molecule has 0 aromatic heterocycles. The van der Waals surface area contributed by atoms with Crippen molar-refractivity contribution in [1.29, 1.82) is 0 Å². The standard InChI is InChI=1S/3C2HF3O2.CH2O/c3*3-2(4,5)1(6)7;1-2/h3*(H,6,7);1H2. The lowest BCUT2D eigenvalue weighted by Crippen LogP contribution is -2.21. The van der Waals surface area contributed by atoms with Crippen molar-refractivity contribution in [3.63, 3.8) is 0 Å². The number of halogens is 9. The molecular weight excluding hydrogens is 367 g/mol. The maximum Gasteiger partial charge on any atom is 0.490 e. The number of aliphatic carboxylic acids is 3. The highest BCUT2D eigenvalue weighted by atomic mass is 19.4. The Hall–Kier alpha value is -2.55. The van der Waals surface area contributed by atoms with Crippen molar-refractivity contribution in [3.8, 4) is 0 Å². The summed E-state index contributed by atoms with van der Waals surface area (Å²) in [5, 5.41) is 21.4. The topological polar surface area (TPSA) is 129 Å². The maximum absolute atomic E-state index is 10.6. The van der Waals surface area contributed by atoms with Gasteiger partial charge in [0.25, 0.3) is 0 Å². The molecule has 0 radical (unpaired) electrons. The van der Waals surface area contributed by atoms with Gasteiger partial charge in [-0.3, -0.25) is 0 Å². The lowest BCUT2D eigenvalue weighted by molar-refractivity contribution is -0.193.